The van der Waals surface area contributed by atoms with Gasteiger partial charge in [-0.05, 0) is 31.2 Å². The van der Waals surface area contributed by atoms with E-state index in [4.69, 9.17) is 0 Å². The number of hydrazone groups is 1. The number of fused-ring (bicyclic) bond motifs is 2. The topological polar surface area (TPSA) is 63.5 Å². The van der Waals surface area contributed by atoms with Crippen LogP contribution in [-0.2, 0) is 4.79 Å². The number of hydrogen-bond donors (Lipinski definition) is 1. The number of carbonyl (C=O) groups excluding carboxylic acids is 1. The normalized spacial score (nSPS) is 17.8. The third-order valence-corrected chi connectivity index (χ3v) is 4.06. The number of carbonyl (C=O) groups is 1. The van der Waals surface area contributed by atoms with Gasteiger partial charge in [0.15, 0.2) is 11.5 Å². The highest BCUT2D eigenvalue weighted by molar-refractivity contribution is 6.11. The maximum absolute atomic E-state index is 12.7. The number of amides is 1. The second kappa shape index (κ2) is 4.53. The van der Waals surface area contributed by atoms with E-state index in [-0.39, 0.29) is 11.3 Å². The quantitative estimate of drug-likeness (QED) is 0.699. The van der Waals surface area contributed by atoms with Crippen LogP contribution >= 0.6 is 0 Å². The summed E-state index contributed by atoms with van der Waals surface area (Å²) in [6.07, 6.45) is 0. The van der Waals surface area contributed by atoms with Crippen LogP contribution in [0.2, 0.25) is 0 Å². The lowest BCUT2D eigenvalue weighted by molar-refractivity contribution is -0.121. The summed E-state index contributed by atoms with van der Waals surface area (Å²) in [5.41, 5.74) is 4.66. The largest absolute Gasteiger partial charge is 0.322 e. The Bertz CT molecular complexity index is 957. The van der Waals surface area contributed by atoms with Crippen LogP contribution in [-0.4, -0.2) is 16.2 Å². The molecule has 0 bridgehead atoms. The Kier molecular flexibility index (Phi) is 2.63. The molecule has 4 rings (SSSR count). The fourth-order valence-electron chi connectivity index (χ4n) is 3.06. The summed E-state index contributed by atoms with van der Waals surface area (Å²) in [6, 6.07) is 14.2. The third kappa shape index (κ3) is 1.62. The molecule has 0 radical (unpaired) electrons. The second-order valence-electron chi connectivity index (χ2n) is 5.37. The summed E-state index contributed by atoms with van der Waals surface area (Å²) in [5.74, 6) is -0.184. The predicted octanol–water partition coefficient (Wildman–Crippen LogP) is 2.20. The summed E-state index contributed by atoms with van der Waals surface area (Å²) >= 11 is 0. The molecule has 2 aromatic carbocycles. The van der Waals surface area contributed by atoms with Gasteiger partial charge in [0.05, 0.1) is 16.7 Å². The SMILES string of the molecule is CC1=NNC(=O)[C@@H]1n1c2ccccc2c(=O)c2ccccc21. The fourth-order valence-corrected chi connectivity index (χ4v) is 3.06. The highest BCUT2D eigenvalue weighted by Gasteiger charge is 2.30. The van der Waals surface area contributed by atoms with E-state index in [0.29, 0.717) is 16.5 Å². The van der Waals surface area contributed by atoms with Crippen LogP contribution in [0, 0.1) is 0 Å². The van der Waals surface area contributed by atoms with Gasteiger partial charge in [-0.3, -0.25) is 9.59 Å². The molecule has 1 aromatic heterocycles. The Hall–Kier alpha value is -2.95. The minimum atomic E-state index is -0.532. The van der Waals surface area contributed by atoms with Crippen molar-refractivity contribution >= 4 is 33.4 Å². The molecule has 0 fully saturated rings. The van der Waals surface area contributed by atoms with Crippen LogP contribution in [0.3, 0.4) is 0 Å². The second-order valence-corrected chi connectivity index (χ2v) is 5.37. The van der Waals surface area contributed by atoms with Crippen molar-refractivity contribution in [2.45, 2.75) is 13.0 Å². The number of pyridine rings is 1. The molecule has 5 heteroatoms. The Morgan fingerprint density at radius 1 is 0.955 bits per heavy atom. The molecule has 0 saturated carbocycles. The van der Waals surface area contributed by atoms with Crippen molar-refractivity contribution in [1.82, 2.24) is 9.99 Å². The van der Waals surface area contributed by atoms with E-state index in [9.17, 15) is 9.59 Å². The summed E-state index contributed by atoms with van der Waals surface area (Å²) in [4.78, 5) is 24.9. The summed E-state index contributed by atoms with van der Waals surface area (Å²) < 4.78 is 1.90. The minimum absolute atomic E-state index is 0.0181. The number of para-hydroxylation sites is 2. The Morgan fingerprint density at radius 3 is 2.00 bits per heavy atom. The molecule has 22 heavy (non-hydrogen) atoms. The van der Waals surface area contributed by atoms with Crippen molar-refractivity contribution in [2.75, 3.05) is 0 Å². The van der Waals surface area contributed by atoms with Crippen molar-refractivity contribution in [3.05, 3.63) is 58.8 Å². The first-order valence-electron chi connectivity index (χ1n) is 7.04. The molecule has 1 N–H and O–H groups in total. The zero-order chi connectivity index (χ0) is 15.3. The average Bonchev–Trinajstić information content (AvgIpc) is 2.88. The molecule has 5 nitrogen and oxygen atoms in total. The first-order chi connectivity index (χ1) is 10.7. The van der Waals surface area contributed by atoms with Crippen molar-refractivity contribution in [1.29, 1.82) is 0 Å². The van der Waals surface area contributed by atoms with Gasteiger partial charge in [-0.15, -0.1) is 0 Å². The van der Waals surface area contributed by atoms with E-state index in [0.717, 1.165) is 11.0 Å². The maximum Gasteiger partial charge on any atom is 0.269 e. The van der Waals surface area contributed by atoms with E-state index in [1.54, 1.807) is 12.1 Å². The highest BCUT2D eigenvalue weighted by Crippen LogP contribution is 2.26. The van der Waals surface area contributed by atoms with Gasteiger partial charge in [-0.1, -0.05) is 24.3 Å². The monoisotopic (exact) mass is 291 g/mol. The van der Waals surface area contributed by atoms with Gasteiger partial charge in [0.25, 0.3) is 5.91 Å². The van der Waals surface area contributed by atoms with Gasteiger partial charge < -0.3 is 4.57 Å². The van der Waals surface area contributed by atoms with Crippen LogP contribution < -0.4 is 10.9 Å². The Labute approximate surface area is 125 Å². The Balaban J connectivity index is 2.24. The molecule has 3 aromatic rings. The first-order valence-corrected chi connectivity index (χ1v) is 7.04. The molecule has 0 spiro atoms. The van der Waals surface area contributed by atoms with E-state index in [1.807, 2.05) is 47.9 Å². The lowest BCUT2D eigenvalue weighted by Gasteiger charge is -2.19. The minimum Gasteiger partial charge on any atom is -0.322 e. The fraction of sp³-hybridized carbons (Fsp3) is 0.118. The molecule has 0 saturated heterocycles. The number of rotatable bonds is 1. The summed E-state index contributed by atoms with van der Waals surface area (Å²) in [6.45, 7) is 1.81. The molecule has 1 amide bonds. The standard InChI is InChI=1S/C17H13N3O2/c1-10-15(17(22)19-18-10)20-13-8-4-2-6-11(13)16(21)12-7-3-5-9-14(12)20/h2-9,15H,1H3,(H,19,22)/t15-/m1/s1. The van der Waals surface area contributed by atoms with Crippen molar-refractivity contribution in [3.8, 4) is 0 Å². The Morgan fingerprint density at radius 2 is 1.50 bits per heavy atom. The van der Waals surface area contributed by atoms with Crippen LogP contribution in [0.1, 0.15) is 13.0 Å². The van der Waals surface area contributed by atoms with Gasteiger partial charge in [-0.25, -0.2) is 5.43 Å². The van der Waals surface area contributed by atoms with Gasteiger partial charge in [0.2, 0.25) is 0 Å². The van der Waals surface area contributed by atoms with Crippen molar-refractivity contribution in [3.63, 3.8) is 0 Å². The van der Waals surface area contributed by atoms with E-state index >= 15 is 0 Å². The third-order valence-electron chi connectivity index (χ3n) is 4.06. The van der Waals surface area contributed by atoms with Crippen LogP contribution in [0.15, 0.2) is 58.4 Å². The zero-order valence-corrected chi connectivity index (χ0v) is 11.9. The maximum atomic E-state index is 12.7. The molecule has 108 valence electrons. The molecule has 1 aliphatic rings. The number of benzene rings is 2. The summed E-state index contributed by atoms with van der Waals surface area (Å²) in [7, 11) is 0. The van der Waals surface area contributed by atoms with Gasteiger partial charge in [0, 0.05) is 10.8 Å². The predicted molar refractivity (Wildman–Crippen MR) is 86.0 cm³/mol. The van der Waals surface area contributed by atoms with E-state index in [1.165, 1.54) is 0 Å². The lowest BCUT2D eigenvalue weighted by Crippen LogP contribution is -2.28. The zero-order valence-electron chi connectivity index (χ0n) is 11.9. The number of hydrogen-bond acceptors (Lipinski definition) is 3. The molecule has 2 heterocycles. The molecular formula is C17H13N3O2. The van der Waals surface area contributed by atoms with Crippen molar-refractivity contribution in [2.24, 2.45) is 5.10 Å². The molecular weight excluding hydrogens is 278 g/mol. The van der Waals surface area contributed by atoms with Gasteiger partial charge in [0.1, 0.15) is 0 Å². The summed E-state index contributed by atoms with van der Waals surface area (Å²) in [5, 5.41) is 5.24. The first kappa shape index (κ1) is 12.8. The number of nitrogens with one attached hydrogen (secondary N) is 1. The van der Waals surface area contributed by atoms with E-state index in [2.05, 4.69) is 10.5 Å². The van der Waals surface area contributed by atoms with E-state index < -0.39 is 6.04 Å². The van der Waals surface area contributed by atoms with Crippen molar-refractivity contribution < 1.29 is 4.79 Å². The van der Waals surface area contributed by atoms with Crippen LogP contribution in [0.25, 0.3) is 21.8 Å². The molecule has 0 aliphatic carbocycles. The lowest BCUT2D eigenvalue weighted by atomic mass is 10.1. The average molecular weight is 291 g/mol. The molecule has 1 atom stereocenters. The number of aromatic nitrogens is 1. The van der Waals surface area contributed by atoms with Crippen LogP contribution in [0.4, 0.5) is 0 Å². The number of nitrogens with zero attached hydrogens (tertiary/aromatic N) is 2. The molecule has 0 unspecified atom stereocenters. The van der Waals surface area contributed by atoms with Gasteiger partial charge in [-0.2, -0.15) is 5.10 Å². The smallest absolute Gasteiger partial charge is 0.269 e. The highest BCUT2D eigenvalue weighted by atomic mass is 16.2. The molecule has 1 aliphatic heterocycles. The van der Waals surface area contributed by atoms with Gasteiger partial charge >= 0.3 is 0 Å². The van der Waals surface area contributed by atoms with Crippen LogP contribution in [0.5, 0.6) is 0 Å².